The monoisotopic (exact) mass is 445 g/mol. The first-order chi connectivity index (χ1) is 15.2. The molecule has 32 heavy (non-hydrogen) atoms. The molecule has 0 atom stereocenters. The Labute approximate surface area is 184 Å². The van der Waals surface area contributed by atoms with Crippen LogP contribution >= 0.6 is 0 Å². The lowest BCUT2D eigenvalue weighted by Crippen LogP contribution is -2.38. The van der Waals surface area contributed by atoms with Gasteiger partial charge in [0, 0.05) is 48.8 Å². The summed E-state index contributed by atoms with van der Waals surface area (Å²) in [5.74, 6) is 1.58. The predicted octanol–water partition coefficient (Wildman–Crippen LogP) is 4.11. The molecule has 1 fully saturated rings. The molecule has 3 heterocycles. The highest BCUT2D eigenvalue weighted by molar-refractivity contribution is 5.88. The summed E-state index contributed by atoms with van der Waals surface area (Å²) in [7, 11) is 1.92. The van der Waals surface area contributed by atoms with Crippen molar-refractivity contribution >= 4 is 16.6 Å². The lowest BCUT2D eigenvalue weighted by Gasteiger charge is -2.31. The molecule has 1 aliphatic heterocycles. The fraction of sp³-hybridized carbons (Fsp3) is 0.478. The number of halogens is 3. The minimum absolute atomic E-state index is 0.00399. The number of hydrogen-bond acceptors (Lipinski definition) is 5. The summed E-state index contributed by atoms with van der Waals surface area (Å²) in [6.45, 7) is 2.95. The van der Waals surface area contributed by atoms with Gasteiger partial charge in [0.15, 0.2) is 5.82 Å². The van der Waals surface area contributed by atoms with Crippen LogP contribution in [0.4, 0.5) is 13.2 Å². The van der Waals surface area contributed by atoms with Crippen molar-refractivity contribution in [3.05, 3.63) is 42.0 Å². The van der Waals surface area contributed by atoms with Gasteiger partial charge in [-0.3, -0.25) is 9.78 Å². The van der Waals surface area contributed by atoms with Crippen LogP contribution in [0.25, 0.3) is 22.2 Å². The van der Waals surface area contributed by atoms with Crippen LogP contribution in [0, 0.1) is 12.8 Å². The van der Waals surface area contributed by atoms with Crippen LogP contribution < -0.4 is 0 Å². The van der Waals surface area contributed by atoms with E-state index in [1.165, 1.54) is 0 Å². The topological polar surface area (TPSA) is 63.9 Å². The number of Topliss-reactive ketones (excluding diaryl/α,β-unsaturated/α-hetero) is 1. The van der Waals surface area contributed by atoms with Crippen molar-refractivity contribution in [3.8, 4) is 11.4 Å². The van der Waals surface area contributed by atoms with E-state index in [9.17, 15) is 18.0 Å². The molecule has 6 nitrogen and oxygen atoms in total. The summed E-state index contributed by atoms with van der Waals surface area (Å²) in [5.41, 5.74) is 1.64. The Morgan fingerprint density at radius 2 is 1.88 bits per heavy atom. The van der Waals surface area contributed by atoms with E-state index in [1.807, 2.05) is 42.8 Å². The highest BCUT2D eigenvalue weighted by Crippen LogP contribution is 2.26. The maximum atomic E-state index is 12.8. The van der Waals surface area contributed by atoms with E-state index in [2.05, 4.69) is 15.2 Å². The first-order valence-electron chi connectivity index (χ1n) is 10.8. The number of alkyl halides is 3. The minimum Gasteiger partial charge on any atom is -0.314 e. The van der Waals surface area contributed by atoms with Crippen molar-refractivity contribution < 1.29 is 18.0 Å². The number of ketones is 1. The van der Waals surface area contributed by atoms with Crippen LogP contribution in [-0.2, 0) is 18.3 Å². The third-order valence-electron chi connectivity index (χ3n) is 6.24. The zero-order valence-corrected chi connectivity index (χ0v) is 18.2. The lowest BCUT2D eigenvalue weighted by atomic mass is 9.90. The smallest absolute Gasteiger partial charge is 0.314 e. The molecule has 0 N–H and O–H groups in total. The van der Waals surface area contributed by atoms with E-state index in [0.29, 0.717) is 31.6 Å². The number of rotatable bonds is 6. The Kier molecular flexibility index (Phi) is 6.28. The van der Waals surface area contributed by atoms with Crippen molar-refractivity contribution in [1.82, 2.24) is 24.6 Å². The second-order valence-corrected chi connectivity index (χ2v) is 8.49. The molecule has 0 aliphatic carbocycles. The molecule has 0 unspecified atom stereocenters. The van der Waals surface area contributed by atoms with Gasteiger partial charge in [0.25, 0.3) is 0 Å². The Balaban J connectivity index is 1.41. The van der Waals surface area contributed by atoms with Gasteiger partial charge in [-0.05, 0) is 50.4 Å². The second-order valence-electron chi connectivity index (χ2n) is 8.49. The molecule has 1 aliphatic rings. The number of likely N-dealkylation sites (tertiary alicyclic amines) is 1. The van der Waals surface area contributed by atoms with E-state index in [0.717, 1.165) is 28.0 Å². The van der Waals surface area contributed by atoms with Crippen LogP contribution in [0.3, 0.4) is 0 Å². The molecule has 2 aromatic heterocycles. The highest BCUT2D eigenvalue weighted by atomic mass is 19.4. The molecule has 4 rings (SSSR count). The summed E-state index contributed by atoms with van der Waals surface area (Å²) in [6, 6.07) is 7.90. The van der Waals surface area contributed by atoms with Gasteiger partial charge >= 0.3 is 6.18 Å². The van der Waals surface area contributed by atoms with Gasteiger partial charge in [0.2, 0.25) is 0 Å². The Morgan fingerprint density at radius 3 is 2.53 bits per heavy atom. The largest absolute Gasteiger partial charge is 0.390 e. The fourth-order valence-corrected chi connectivity index (χ4v) is 4.17. The number of hydrogen-bond donors (Lipinski definition) is 0. The van der Waals surface area contributed by atoms with Crippen LogP contribution in [0.2, 0.25) is 0 Å². The average Bonchev–Trinajstić information content (AvgIpc) is 3.10. The Hall–Kier alpha value is -2.81. The zero-order chi connectivity index (χ0) is 22.9. The molecule has 0 spiro atoms. The number of fused-ring (bicyclic) bond motifs is 1. The number of carbonyl (C=O) groups is 1. The molecule has 1 saturated heterocycles. The minimum atomic E-state index is -4.14. The SMILES string of the molecule is Cc1nnc(-c2ccc3cnc(CC(=O)C4CCN(CCC(F)(F)F)CC4)cc3c2)n1C. The van der Waals surface area contributed by atoms with Crippen LogP contribution in [0.5, 0.6) is 0 Å². The molecule has 0 saturated carbocycles. The summed E-state index contributed by atoms with van der Waals surface area (Å²) in [4.78, 5) is 19.0. The van der Waals surface area contributed by atoms with Crippen LogP contribution in [-0.4, -0.2) is 56.2 Å². The van der Waals surface area contributed by atoms with Crippen molar-refractivity contribution in [2.24, 2.45) is 13.0 Å². The number of aryl methyl sites for hydroxylation is 1. The van der Waals surface area contributed by atoms with E-state index in [-0.39, 0.29) is 24.7 Å². The Bertz CT molecular complexity index is 1120. The van der Waals surface area contributed by atoms with Crippen molar-refractivity contribution in [3.63, 3.8) is 0 Å². The molecule has 3 aromatic rings. The zero-order valence-electron chi connectivity index (χ0n) is 18.2. The summed E-state index contributed by atoms with van der Waals surface area (Å²) >= 11 is 0. The van der Waals surface area contributed by atoms with Crippen molar-refractivity contribution in [2.45, 2.75) is 38.8 Å². The van der Waals surface area contributed by atoms with E-state index in [1.54, 1.807) is 11.1 Å². The number of carbonyl (C=O) groups excluding carboxylic acids is 1. The van der Waals surface area contributed by atoms with Gasteiger partial charge < -0.3 is 9.47 Å². The van der Waals surface area contributed by atoms with E-state index < -0.39 is 12.6 Å². The molecule has 9 heteroatoms. The van der Waals surface area contributed by atoms with Crippen molar-refractivity contribution in [1.29, 1.82) is 0 Å². The predicted molar refractivity (Wildman–Crippen MR) is 115 cm³/mol. The van der Waals surface area contributed by atoms with Crippen LogP contribution in [0.15, 0.2) is 30.5 Å². The molecule has 1 aromatic carbocycles. The van der Waals surface area contributed by atoms with Gasteiger partial charge in [-0.1, -0.05) is 12.1 Å². The number of nitrogens with zero attached hydrogens (tertiary/aromatic N) is 5. The Morgan fingerprint density at radius 1 is 1.12 bits per heavy atom. The maximum absolute atomic E-state index is 12.8. The molecule has 0 radical (unpaired) electrons. The summed E-state index contributed by atoms with van der Waals surface area (Å²) < 4.78 is 39.2. The van der Waals surface area contributed by atoms with Gasteiger partial charge in [-0.25, -0.2) is 0 Å². The van der Waals surface area contributed by atoms with Crippen molar-refractivity contribution in [2.75, 3.05) is 19.6 Å². The lowest BCUT2D eigenvalue weighted by molar-refractivity contribution is -0.139. The van der Waals surface area contributed by atoms with E-state index >= 15 is 0 Å². The van der Waals surface area contributed by atoms with Gasteiger partial charge in [-0.2, -0.15) is 13.2 Å². The maximum Gasteiger partial charge on any atom is 0.390 e. The fourth-order valence-electron chi connectivity index (χ4n) is 4.17. The molecule has 170 valence electrons. The van der Waals surface area contributed by atoms with Gasteiger partial charge in [-0.15, -0.1) is 10.2 Å². The first-order valence-corrected chi connectivity index (χ1v) is 10.8. The molecular formula is C23H26F3N5O. The number of benzene rings is 1. The third-order valence-corrected chi connectivity index (χ3v) is 6.24. The molecule has 0 amide bonds. The number of piperidine rings is 1. The highest BCUT2D eigenvalue weighted by Gasteiger charge is 2.30. The van der Waals surface area contributed by atoms with E-state index in [4.69, 9.17) is 0 Å². The normalized spacial score (nSPS) is 16.0. The van der Waals surface area contributed by atoms with Crippen LogP contribution in [0.1, 0.15) is 30.8 Å². The number of pyridine rings is 1. The molecular weight excluding hydrogens is 419 g/mol. The quantitative estimate of drug-likeness (QED) is 0.571. The van der Waals surface area contributed by atoms with Gasteiger partial charge in [0.1, 0.15) is 11.6 Å². The summed E-state index contributed by atoms with van der Waals surface area (Å²) in [5, 5.41) is 10.3. The van der Waals surface area contributed by atoms with Gasteiger partial charge in [0.05, 0.1) is 6.42 Å². The standard InChI is InChI=1S/C23H26F3N5O/c1-15-28-29-22(30(15)2)17-3-4-18-14-27-20(12-19(18)11-17)13-21(32)16-5-8-31(9-6-16)10-7-23(24,25)26/h3-4,11-12,14,16H,5-10,13H2,1-2H3. The average molecular weight is 445 g/mol. The molecule has 0 bridgehead atoms. The second kappa shape index (κ2) is 8.97. The first kappa shape index (κ1) is 22.4. The summed E-state index contributed by atoms with van der Waals surface area (Å²) in [6.07, 6.45) is -1.75. The third kappa shape index (κ3) is 5.15. The number of aromatic nitrogens is 4.